The topological polar surface area (TPSA) is 51.2 Å². The molecule has 0 aliphatic rings. The maximum absolute atomic E-state index is 12.0. The Balaban J connectivity index is 1.91. The van der Waals surface area contributed by atoms with Gasteiger partial charge in [0.1, 0.15) is 5.75 Å². The van der Waals surface area contributed by atoms with Gasteiger partial charge in [-0.2, -0.15) is 0 Å². The fourth-order valence-corrected chi connectivity index (χ4v) is 1.97. The molecule has 0 radical (unpaired) electrons. The van der Waals surface area contributed by atoms with Gasteiger partial charge in [0.15, 0.2) is 6.61 Å². The van der Waals surface area contributed by atoms with E-state index < -0.39 is 5.54 Å². The van der Waals surface area contributed by atoms with Crippen LogP contribution in [0.5, 0.6) is 5.75 Å². The number of aromatic nitrogens is 1. The lowest BCUT2D eigenvalue weighted by Crippen LogP contribution is -2.43. The largest absolute Gasteiger partial charge is 0.484 e. The minimum atomic E-state index is -0.484. The summed E-state index contributed by atoms with van der Waals surface area (Å²) in [7, 11) is 0. The van der Waals surface area contributed by atoms with E-state index in [0.717, 1.165) is 11.1 Å². The third-order valence-electron chi connectivity index (χ3n) is 3.23. The van der Waals surface area contributed by atoms with Crippen molar-refractivity contribution in [1.29, 1.82) is 0 Å². The Bertz CT molecular complexity index is 592. The first kappa shape index (κ1) is 15.0. The van der Waals surface area contributed by atoms with E-state index in [2.05, 4.69) is 10.3 Å². The lowest BCUT2D eigenvalue weighted by atomic mass is 9.96. The Labute approximate surface area is 125 Å². The molecule has 1 aromatic carbocycles. The summed E-state index contributed by atoms with van der Waals surface area (Å²) in [4.78, 5) is 16.1. The van der Waals surface area contributed by atoms with Gasteiger partial charge in [-0.1, -0.05) is 23.8 Å². The number of carbonyl (C=O) groups excluding carboxylic acids is 1. The molecule has 0 saturated heterocycles. The first-order valence-electron chi connectivity index (χ1n) is 6.88. The van der Waals surface area contributed by atoms with Crippen molar-refractivity contribution < 1.29 is 9.53 Å². The molecule has 4 nitrogen and oxygen atoms in total. The molecule has 0 unspecified atom stereocenters. The summed E-state index contributed by atoms with van der Waals surface area (Å²) in [6.45, 7) is 5.88. The highest BCUT2D eigenvalue weighted by atomic mass is 16.5. The highest BCUT2D eigenvalue weighted by molar-refractivity contribution is 5.78. The molecule has 2 rings (SSSR count). The first-order valence-corrected chi connectivity index (χ1v) is 6.88. The molecule has 0 atom stereocenters. The summed E-state index contributed by atoms with van der Waals surface area (Å²) in [5.41, 5.74) is 1.63. The SMILES string of the molecule is Cc1ccc(OCC(=O)NC(C)(C)c2cccnc2)cc1. The number of rotatable bonds is 5. The van der Waals surface area contributed by atoms with Gasteiger partial charge in [0, 0.05) is 12.4 Å². The van der Waals surface area contributed by atoms with E-state index in [4.69, 9.17) is 4.74 Å². The molecule has 21 heavy (non-hydrogen) atoms. The van der Waals surface area contributed by atoms with E-state index in [0.29, 0.717) is 5.75 Å². The van der Waals surface area contributed by atoms with E-state index in [1.165, 1.54) is 0 Å². The Morgan fingerprint density at radius 3 is 2.57 bits per heavy atom. The summed E-state index contributed by atoms with van der Waals surface area (Å²) < 4.78 is 5.48. The van der Waals surface area contributed by atoms with Crippen LogP contribution in [0, 0.1) is 6.92 Å². The van der Waals surface area contributed by atoms with Gasteiger partial charge in [0.2, 0.25) is 0 Å². The van der Waals surface area contributed by atoms with Crippen LogP contribution in [-0.2, 0) is 10.3 Å². The first-order chi connectivity index (χ1) is 9.97. The van der Waals surface area contributed by atoms with Crippen LogP contribution in [0.3, 0.4) is 0 Å². The molecule has 4 heteroatoms. The number of hydrogen-bond acceptors (Lipinski definition) is 3. The van der Waals surface area contributed by atoms with E-state index in [-0.39, 0.29) is 12.5 Å². The highest BCUT2D eigenvalue weighted by Crippen LogP contribution is 2.18. The van der Waals surface area contributed by atoms with Gasteiger partial charge in [-0.25, -0.2) is 0 Å². The zero-order chi connectivity index (χ0) is 15.3. The van der Waals surface area contributed by atoms with Crippen LogP contribution < -0.4 is 10.1 Å². The standard InChI is InChI=1S/C17H20N2O2/c1-13-6-8-15(9-7-13)21-12-16(20)19-17(2,3)14-5-4-10-18-11-14/h4-11H,12H2,1-3H3,(H,19,20). The monoisotopic (exact) mass is 284 g/mol. The number of amides is 1. The summed E-state index contributed by atoms with van der Waals surface area (Å²) in [5.74, 6) is 0.527. The van der Waals surface area contributed by atoms with Crippen molar-refractivity contribution in [1.82, 2.24) is 10.3 Å². The molecule has 0 aliphatic heterocycles. The van der Waals surface area contributed by atoms with Gasteiger partial charge in [-0.15, -0.1) is 0 Å². The van der Waals surface area contributed by atoms with Crippen LogP contribution >= 0.6 is 0 Å². The third-order valence-corrected chi connectivity index (χ3v) is 3.23. The molecule has 1 N–H and O–H groups in total. The van der Waals surface area contributed by atoms with Gasteiger partial charge in [-0.3, -0.25) is 9.78 Å². The summed E-state index contributed by atoms with van der Waals surface area (Å²) >= 11 is 0. The second-order valence-electron chi connectivity index (χ2n) is 5.52. The van der Waals surface area contributed by atoms with Gasteiger partial charge in [-0.05, 0) is 44.5 Å². The van der Waals surface area contributed by atoms with E-state index in [9.17, 15) is 4.79 Å². The van der Waals surface area contributed by atoms with Gasteiger partial charge in [0.25, 0.3) is 5.91 Å². The maximum atomic E-state index is 12.0. The van der Waals surface area contributed by atoms with Gasteiger partial charge >= 0.3 is 0 Å². The minimum Gasteiger partial charge on any atom is -0.484 e. The highest BCUT2D eigenvalue weighted by Gasteiger charge is 2.23. The molecule has 1 aromatic heterocycles. The predicted molar refractivity (Wildman–Crippen MR) is 82.1 cm³/mol. The fourth-order valence-electron chi connectivity index (χ4n) is 1.97. The molecule has 110 valence electrons. The Hall–Kier alpha value is -2.36. The number of nitrogens with zero attached hydrogens (tertiary/aromatic N) is 1. The van der Waals surface area contributed by atoms with Crippen molar-refractivity contribution in [3.05, 3.63) is 59.9 Å². The zero-order valence-electron chi connectivity index (χ0n) is 12.6. The lowest BCUT2D eigenvalue weighted by molar-refractivity contribution is -0.124. The van der Waals surface area contributed by atoms with E-state index >= 15 is 0 Å². The molecule has 0 fully saturated rings. The maximum Gasteiger partial charge on any atom is 0.258 e. The lowest BCUT2D eigenvalue weighted by Gasteiger charge is -2.26. The summed E-state index contributed by atoms with van der Waals surface area (Å²) in [6.07, 6.45) is 3.46. The van der Waals surface area contributed by atoms with Crippen molar-refractivity contribution in [2.24, 2.45) is 0 Å². The molecule has 1 amide bonds. The zero-order valence-corrected chi connectivity index (χ0v) is 12.6. The molecule has 1 heterocycles. The molecule has 0 saturated carbocycles. The number of hydrogen-bond donors (Lipinski definition) is 1. The number of aryl methyl sites for hydroxylation is 1. The van der Waals surface area contributed by atoms with Crippen molar-refractivity contribution in [2.75, 3.05) is 6.61 Å². The second kappa shape index (κ2) is 6.39. The fraction of sp³-hybridized carbons (Fsp3) is 0.294. The number of carbonyl (C=O) groups is 1. The number of benzene rings is 1. The number of ether oxygens (including phenoxy) is 1. The summed E-state index contributed by atoms with van der Waals surface area (Å²) in [6, 6.07) is 11.4. The second-order valence-corrected chi connectivity index (χ2v) is 5.52. The predicted octanol–water partition coefficient (Wildman–Crippen LogP) is 2.82. The van der Waals surface area contributed by atoms with Crippen molar-refractivity contribution in [3.8, 4) is 5.75 Å². The van der Waals surface area contributed by atoms with Crippen molar-refractivity contribution in [2.45, 2.75) is 26.3 Å². The Kier molecular flexibility index (Phi) is 4.58. The molecule has 2 aromatic rings. The molecule has 0 aliphatic carbocycles. The normalized spacial score (nSPS) is 11.0. The quantitative estimate of drug-likeness (QED) is 0.918. The molecule has 0 spiro atoms. The third kappa shape index (κ3) is 4.31. The minimum absolute atomic E-state index is 0.00719. The Morgan fingerprint density at radius 1 is 1.24 bits per heavy atom. The smallest absolute Gasteiger partial charge is 0.258 e. The van der Waals surface area contributed by atoms with Crippen LogP contribution in [0.15, 0.2) is 48.8 Å². The molecular formula is C17H20N2O2. The van der Waals surface area contributed by atoms with E-state index in [1.54, 1.807) is 12.4 Å². The molecule has 0 bridgehead atoms. The van der Waals surface area contributed by atoms with Gasteiger partial charge in [0.05, 0.1) is 5.54 Å². The van der Waals surface area contributed by atoms with Crippen LogP contribution in [0.1, 0.15) is 25.0 Å². The van der Waals surface area contributed by atoms with Crippen LogP contribution in [0.2, 0.25) is 0 Å². The number of pyridine rings is 1. The average molecular weight is 284 g/mol. The van der Waals surface area contributed by atoms with Crippen molar-refractivity contribution in [3.63, 3.8) is 0 Å². The van der Waals surface area contributed by atoms with Crippen LogP contribution in [-0.4, -0.2) is 17.5 Å². The van der Waals surface area contributed by atoms with Crippen LogP contribution in [0.25, 0.3) is 0 Å². The van der Waals surface area contributed by atoms with Crippen LogP contribution in [0.4, 0.5) is 0 Å². The Morgan fingerprint density at radius 2 is 1.95 bits per heavy atom. The number of nitrogens with one attached hydrogen (secondary N) is 1. The average Bonchev–Trinajstić information content (AvgIpc) is 2.47. The molecular weight excluding hydrogens is 264 g/mol. The summed E-state index contributed by atoms with van der Waals surface area (Å²) in [5, 5.41) is 2.95. The van der Waals surface area contributed by atoms with Gasteiger partial charge < -0.3 is 10.1 Å². The van der Waals surface area contributed by atoms with Crippen molar-refractivity contribution >= 4 is 5.91 Å². The van der Waals surface area contributed by atoms with E-state index in [1.807, 2.05) is 57.2 Å².